The lowest BCUT2D eigenvalue weighted by Gasteiger charge is -2.12. The van der Waals surface area contributed by atoms with Crippen molar-refractivity contribution in [1.29, 1.82) is 0 Å². The molecule has 0 aliphatic heterocycles. The van der Waals surface area contributed by atoms with E-state index in [9.17, 15) is 9.90 Å². The summed E-state index contributed by atoms with van der Waals surface area (Å²) in [5, 5.41) is 15.6. The molecule has 1 heterocycles. The van der Waals surface area contributed by atoms with Crippen LogP contribution >= 0.6 is 15.9 Å². The zero-order chi connectivity index (χ0) is 17.8. The second kappa shape index (κ2) is 7.31. The predicted molar refractivity (Wildman–Crippen MR) is 101 cm³/mol. The van der Waals surface area contributed by atoms with Crippen LogP contribution < -0.4 is 10.6 Å². The number of aromatic nitrogens is 2. The minimum Gasteiger partial charge on any atom is -0.478 e. The Labute approximate surface area is 153 Å². The molecule has 0 aliphatic carbocycles. The molecule has 0 bridgehead atoms. The molecule has 0 unspecified atom stereocenters. The molecule has 126 valence electrons. The van der Waals surface area contributed by atoms with Gasteiger partial charge in [0.05, 0.1) is 16.9 Å². The number of aromatic carboxylic acids is 1. The summed E-state index contributed by atoms with van der Waals surface area (Å²) in [5.41, 5.74) is 1.52. The van der Waals surface area contributed by atoms with Crippen molar-refractivity contribution >= 4 is 44.9 Å². The van der Waals surface area contributed by atoms with Gasteiger partial charge >= 0.3 is 5.97 Å². The van der Waals surface area contributed by atoms with Crippen LogP contribution in [0.25, 0.3) is 0 Å². The largest absolute Gasteiger partial charge is 0.478 e. The molecule has 0 radical (unpaired) electrons. The van der Waals surface area contributed by atoms with Crippen molar-refractivity contribution in [1.82, 2.24) is 9.97 Å². The Morgan fingerprint density at radius 1 is 0.960 bits per heavy atom. The van der Waals surface area contributed by atoms with E-state index in [4.69, 9.17) is 0 Å². The fourth-order valence-corrected chi connectivity index (χ4v) is 2.70. The summed E-state index contributed by atoms with van der Waals surface area (Å²) < 4.78 is 0.914. The number of carbonyl (C=O) groups is 1. The summed E-state index contributed by atoms with van der Waals surface area (Å²) in [6.45, 7) is 1.78. The van der Waals surface area contributed by atoms with E-state index in [1.165, 1.54) is 0 Å². The number of nitrogens with zero attached hydrogens (tertiary/aromatic N) is 2. The summed E-state index contributed by atoms with van der Waals surface area (Å²) in [7, 11) is 0. The van der Waals surface area contributed by atoms with Gasteiger partial charge in [0.2, 0.25) is 0 Å². The van der Waals surface area contributed by atoms with E-state index < -0.39 is 5.97 Å². The van der Waals surface area contributed by atoms with Gasteiger partial charge in [-0.2, -0.15) is 0 Å². The van der Waals surface area contributed by atoms with Gasteiger partial charge in [0, 0.05) is 10.5 Å². The van der Waals surface area contributed by atoms with Crippen molar-refractivity contribution in [3.63, 3.8) is 0 Å². The van der Waals surface area contributed by atoms with Gasteiger partial charge < -0.3 is 15.7 Å². The maximum Gasteiger partial charge on any atom is 0.337 e. The van der Waals surface area contributed by atoms with Gasteiger partial charge in [-0.25, -0.2) is 14.8 Å². The number of hydrogen-bond donors (Lipinski definition) is 3. The zero-order valence-electron chi connectivity index (χ0n) is 13.3. The monoisotopic (exact) mass is 398 g/mol. The lowest BCUT2D eigenvalue weighted by atomic mass is 10.2. The first kappa shape index (κ1) is 16.9. The standard InChI is InChI=1S/C18H15BrN4O2/c1-11-20-16(22-14-8-4-2-6-12(14)18(24)25)10-17(21-11)23-15-9-5-3-7-13(15)19/h2-10H,1H3,(H,24,25)(H2,20,21,22,23). The Morgan fingerprint density at radius 2 is 1.52 bits per heavy atom. The SMILES string of the molecule is Cc1nc(Nc2ccccc2Br)cc(Nc2ccccc2C(=O)O)n1. The number of halogens is 1. The van der Waals surface area contributed by atoms with Gasteiger partial charge in [-0.05, 0) is 47.1 Å². The van der Waals surface area contributed by atoms with Gasteiger partial charge in [-0.1, -0.05) is 24.3 Å². The molecular formula is C18H15BrN4O2. The van der Waals surface area contributed by atoms with E-state index in [2.05, 4.69) is 36.5 Å². The van der Waals surface area contributed by atoms with Gasteiger partial charge in [0.15, 0.2) is 0 Å². The Balaban J connectivity index is 1.90. The van der Waals surface area contributed by atoms with Crippen LogP contribution in [0, 0.1) is 6.92 Å². The summed E-state index contributed by atoms with van der Waals surface area (Å²) in [6.07, 6.45) is 0. The number of carboxylic acid groups (broad SMARTS) is 1. The van der Waals surface area contributed by atoms with Gasteiger partial charge in [0.25, 0.3) is 0 Å². The molecule has 3 aromatic rings. The summed E-state index contributed by atoms with van der Waals surface area (Å²) in [5.74, 6) is 0.679. The van der Waals surface area contributed by atoms with Crippen LogP contribution in [0.5, 0.6) is 0 Å². The van der Waals surface area contributed by atoms with Crippen LogP contribution in [0.2, 0.25) is 0 Å². The molecule has 0 fully saturated rings. The number of benzene rings is 2. The van der Waals surface area contributed by atoms with Crippen LogP contribution in [0.15, 0.2) is 59.1 Å². The number of aryl methyl sites for hydroxylation is 1. The molecule has 0 spiro atoms. The third-order valence-electron chi connectivity index (χ3n) is 3.39. The summed E-state index contributed by atoms with van der Waals surface area (Å²) in [4.78, 5) is 20.0. The second-order valence-corrected chi connectivity index (χ2v) is 6.12. The van der Waals surface area contributed by atoms with E-state index in [1.807, 2.05) is 24.3 Å². The summed E-state index contributed by atoms with van der Waals surface area (Å²) >= 11 is 3.48. The molecular weight excluding hydrogens is 384 g/mol. The first-order valence-corrected chi connectivity index (χ1v) is 8.29. The molecule has 0 saturated heterocycles. The molecule has 6 nitrogen and oxygen atoms in total. The Morgan fingerprint density at radius 3 is 2.16 bits per heavy atom. The van der Waals surface area contributed by atoms with Gasteiger partial charge in [0.1, 0.15) is 17.5 Å². The number of rotatable bonds is 5. The molecule has 0 atom stereocenters. The highest BCUT2D eigenvalue weighted by molar-refractivity contribution is 9.10. The molecule has 0 saturated carbocycles. The highest BCUT2D eigenvalue weighted by Gasteiger charge is 2.11. The first-order chi connectivity index (χ1) is 12.0. The van der Waals surface area contributed by atoms with E-state index in [0.29, 0.717) is 23.1 Å². The minimum absolute atomic E-state index is 0.180. The average molecular weight is 399 g/mol. The minimum atomic E-state index is -1.000. The third kappa shape index (κ3) is 4.13. The number of hydrogen-bond acceptors (Lipinski definition) is 5. The molecule has 25 heavy (non-hydrogen) atoms. The molecule has 3 N–H and O–H groups in total. The smallest absolute Gasteiger partial charge is 0.337 e. The van der Waals surface area contributed by atoms with Crippen molar-refractivity contribution in [3.8, 4) is 0 Å². The van der Waals surface area contributed by atoms with E-state index in [-0.39, 0.29) is 5.56 Å². The predicted octanol–water partition coefficient (Wildman–Crippen LogP) is 4.73. The van der Waals surface area contributed by atoms with Gasteiger partial charge in [-0.15, -0.1) is 0 Å². The maximum atomic E-state index is 11.3. The third-order valence-corrected chi connectivity index (χ3v) is 4.09. The van der Waals surface area contributed by atoms with Crippen LogP contribution in [0.1, 0.15) is 16.2 Å². The van der Waals surface area contributed by atoms with Crippen molar-refractivity contribution in [3.05, 3.63) is 70.5 Å². The van der Waals surface area contributed by atoms with E-state index in [1.54, 1.807) is 37.3 Å². The van der Waals surface area contributed by atoms with E-state index in [0.717, 1.165) is 10.2 Å². The Bertz CT molecular complexity index is 930. The van der Waals surface area contributed by atoms with Crippen molar-refractivity contribution in [2.24, 2.45) is 0 Å². The lowest BCUT2D eigenvalue weighted by Crippen LogP contribution is -2.05. The molecule has 3 rings (SSSR count). The van der Waals surface area contributed by atoms with Crippen LogP contribution in [0.3, 0.4) is 0 Å². The Hall–Kier alpha value is -2.93. The number of nitrogens with one attached hydrogen (secondary N) is 2. The van der Waals surface area contributed by atoms with Crippen molar-refractivity contribution in [2.45, 2.75) is 6.92 Å². The topological polar surface area (TPSA) is 87.1 Å². The lowest BCUT2D eigenvalue weighted by molar-refractivity contribution is 0.0698. The fraction of sp³-hybridized carbons (Fsp3) is 0.0556. The van der Waals surface area contributed by atoms with Crippen LogP contribution in [0.4, 0.5) is 23.0 Å². The summed E-state index contributed by atoms with van der Waals surface area (Å²) in [6, 6.07) is 16.1. The highest BCUT2D eigenvalue weighted by atomic mass is 79.9. The van der Waals surface area contributed by atoms with Gasteiger partial charge in [-0.3, -0.25) is 0 Å². The average Bonchev–Trinajstić information content (AvgIpc) is 2.57. The van der Waals surface area contributed by atoms with Crippen LogP contribution in [-0.2, 0) is 0 Å². The molecule has 7 heteroatoms. The fourth-order valence-electron chi connectivity index (χ4n) is 2.31. The highest BCUT2D eigenvalue weighted by Crippen LogP contribution is 2.26. The van der Waals surface area contributed by atoms with Crippen molar-refractivity contribution < 1.29 is 9.90 Å². The number of anilines is 4. The number of carboxylic acids is 1. The second-order valence-electron chi connectivity index (χ2n) is 5.27. The van der Waals surface area contributed by atoms with Crippen molar-refractivity contribution in [2.75, 3.05) is 10.6 Å². The first-order valence-electron chi connectivity index (χ1n) is 7.49. The quantitative estimate of drug-likeness (QED) is 0.575. The molecule has 0 amide bonds. The Kier molecular flexibility index (Phi) is 4.95. The number of para-hydroxylation sites is 2. The van der Waals surface area contributed by atoms with Crippen LogP contribution in [-0.4, -0.2) is 21.0 Å². The maximum absolute atomic E-state index is 11.3. The zero-order valence-corrected chi connectivity index (χ0v) is 14.9. The normalized spacial score (nSPS) is 10.3. The van der Waals surface area contributed by atoms with E-state index >= 15 is 0 Å². The molecule has 2 aromatic carbocycles. The molecule has 1 aromatic heterocycles. The molecule has 0 aliphatic rings.